The van der Waals surface area contributed by atoms with E-state index in [-0.39, 0.29) is 12.6 Å². The smallest absolute Gasteiger partial charge is 0.341 e. The number of halogens is 1. The van der Waals surface area contributed by atoms with Crippen LogP contribution in [0.15, 0.2) is 30.3 Å². The summed E-state index contributed by atoms with van der Waals surface area (Å²) in [5.41, 5.74) is 1.09. The molecule has 0 fully saturated rings. The van der Waals surface area contributed by atoms with Gasteiger partial charge in [0.25, 0.3) is 0 Å². The van der Waals surface area contributed by atoms with E-state index in [2.05, 4.69) is 5.32 Å². The third-order valence-corrected chi connectivity index (χ3v) is 4.97. The molecule has 0 spiro atoms. The van der Waals surface area contributed by atoms with Gasteiger partial charge in [0.1, 0.15) is 11.3 Å². The van der Waals surface area contributed by atoms with Crippen LogP contribution in [0.3, 0.4) is 0 Å². The first-order chi connectivity index (χ1) is 12.5. The number of nitrogens with one attached hydrogen (secondary N) is 1. The first kappa shape index (κ1) is 20.1. The van der Waals surface area contributed by atoms with E-state index < -0.39 is 5.97 Å². The molecule has 0 bridgehead atoms. The number of carbonyl (C=O) groups is 2. The maximum atomic E-state index is 12.4. The Bertz CT molecular complexity index is 778. The zero-order valence-corrected chi connectivity index (χ0v) is 16.4. The maximum absolute atomic E-state index is 12.4. The molecule has 2 amide bonds. The number of ether oxygens (including phenoxy) is 2. The average molecular weight is 397 g/mol. The Hall–Kier alpha value is -2.25. The van der Waals surface area contributed by atoms with Gasteiger partial charge in [0, 0.05) is 18.0 Å². The standard InChI is InChI=1S/C18H21ClN2O4S/c1-4-21(11-13-6-8-16(19)26-13)18(23)20-10-12-5-7-15(24-2)14(9-12)17(22)25-3/h5-9H,4,10-11H2,1-3H3,(H,20,23). The van der Waals surface area contributed by atoms with Crippen LogP contribution >= 0.6 is 22.9 Å². The molecule has 2 rings (SSSR count). The minimum absolute atomic E-state index is 0.188. The summed E-state index contributed by atoms with van der Waals surface area (Å²) in [5.74, 6) is -0.0588. The molecule has 0 atom stereocenters. The van der Waals surface area contributed by atoms with Gasteiger partial charge in [-0.1, -0.05) is 17.7 Å². The van der Waals surface area contributed by atoms with E-state index in [9.17, 15) is 9.59 Å². The molecule has 0 unspecified atom stereocenters. The van der Waals surface area contributed by atoms with E-state index in [0.29, 0.717) is 28.7 Å². The molecule has 1 heterocycles. The highest BCUT2D eigenvalue weighted by molar-refractivity contribution is 7.16. The number of hydrogen-bond donors (Lipinski definition) is 1. The van der Waals surface area contributed by atoms with Gasteiger partial charge >= 0.3 is 12.0 Å². The van der Waals surface area contributed by atoms with Gasteiger partial charge in [0.2, 0.25) is 0 Å². The van der Waals surface area contributed by atoms with Gasteiger partial charge in [-0.15, -0.1) is 11.3 Å². The molecule has 0 radical (unpaired) electrons. The third kappa shape index (κ3) is 5.12. The van der Waals surface area contributed by atoms with Crippen molar-refractivity contribution in [2.24, 2.45) is 0 Å². The number of rotatable bonds is 7. The van der Waals surface area contributed by atoms with Crippen molar-refractivity contribution in [1.82, 2.24) is 10.2 Å². The molecule has 140 valence electrons. The van der Waals surface area contributed by atoms with Gasteiger partial charge in [0.05, 0.1) is 25.1 Å². The zero-order valence-electron chi connectivity index (χ0n) is 14.9. The molecule has 0 aliphatic heterocycles. The van der Waals surface area contributed by atoms with Gasteiger partial charge < -0.3 is 19.7 Å². The normalized spacial score (nSPS) is 10.3. The van der Waals surface area contributed by atoms with Crippen LogP contribution in [0.2, 0.25) is 4.34 Å². The quantitative estimate of drug-likeness (QED) is 0.720. The Kier molecular flexibility index (Phi) is 7.29. The third-order valence-electron chi connectivity index (χ3n) is 3.76. The number of methoxy groups -OCH3 is 2. The fraction of sp³-hybridized carbons (Fsp3) is 0.333. The molecule has 0 saturated carbocycles. The molecule has 0 saturated heterocycles. The highest BCUT2D eigenvalue weighted by atomic mass is 35.5. The Morgan fingerprint density at radius 3 is 2.58 bits per heavy atom. The number of esters is 1. The van der Waals surface area contributed by atoms with Gasteiger partial charge in [-0.05, 0) is 36.8 Å². The van der Waals surface area contributed by atoms with Crippen molar-refractivity contribution in [1.29, 1.82) is 0 Å². The van der Waals surface area contributed by atoms with Crippen molar-refractivity contribution in [2.75, 3.05) is 20.8 Å². The molecule has 8 heteroatoms. The van der Waals surface area contributed by atoms with E-state index in [1.54, 1.807) is 23.1 Å². The first-order valence-electron chi connectivity index (χ1n) is 8.00. The summed E-state index contributed by atoms with van der Waals surface area (Å²) >= 11 is 7.39. The van der Waals surface area contributed by atoms with E-state index in [0.717, 1.165) is 10.4 Å². The minimum atomic E-state index is -0.486. The van der Waals surface area contributed by atoms with Crippen molar-refractivity contribution >= 4 is 34.9 Å². The molecule has 26 heavy (non-hydrogen) atoms. The van der Waals surface area contributed by atoms with Crippen LogP contribution in [0.4, 0.5) is 4.79 Å². The van der Waals surface area contributed by atoms with Crippen molar-refractivity contribution < 1.29 is 19.1 Å². The molecule has 0 aliphatic carbocycles. The lowest BCUT2D eigenvalue weighted by Gasteiger charge is -2.21. The largest absolute Gasteiger partial charge is 0.496 e. The second-order valence-electron chi connectivity index (χ2n) is 5.40. The van der Waals surface area contributed by atoms with Crippen LogP contribution in [0.1, 0.15) is 27.7 Å². The number of carbonyl (C=O) groups excluding carboxylic acids is 2. The number of thiophene rings is 1. The fourth-order valence-electron chi connectivity index (χ4n) is 2.38. The molecule has 2 aromatic rings. The molecule has 1 aromatic heterocycles. The summed E-state index contributed by atoms with van der Waals surface area (Å²) < 4.78 is 10.6. The van der Waals surface area contributed by atoms with Crippen molar-refractivity contribution in [3.05, 3.63) is 50.7 Å². The number of benzene rings is 1. The molecule has 1 N–H and O–H groups in total. The van der Waals surface area contributed by atoms with Crippen molar-refractivity contribution in [3.63, 3.8) is 0 Å². The summed E-state index contributed by atoms with van der Waals surface area (Å²) in [6, 6.07) is 8.67. The molecular weight excluding hydrogens is 376 g/mol. The predicted molar refractivity (Wildman–Crippen MR) is 102 cm³/mol. The average Bonchev–Trinajstić information content (AvgIpc) is 3.08. The topological polar surface area (TPSA) is 67.9 Å². The number of urea groups is 1. The van der Waals surface area contributed by atoms with Gasteiger partial charge in [-0.2, -0.15) is 0 Å². The Labute approximate surface area is 161 Å². The summed E-state index contributed by atoms with van der Waals surface area (Å²) in [6.07, 6.45) is 0. The highest BCUT2D eigenvalue weighted by Crippen LogP contribution is 2.23. The molecule has 0 aliphatic rings. The summed E-state index contributed by atoms with van der Waals surface area (Å²) in [4.78, 5) is 27.0. The van der Waals surface area contributed by atoms with E-state index >= 15 is 0 Å². The summed E-state index contributed by atoms with van der Waals surface area (Å²) in [5, 5.41) is 2.86. The maximum Gasteiger partial charge on any atom is 0.341 e. The monoisotopic (exact) mass is 396 g/mol. The van der Waals surface area contributed by atoms with Crippen LogP contribution in [-0.2, 0) is 17.8 Å². The number of amides is 2. The lowest BCUT2D eigenvalue weighted by atomic mass is 10.1. The molecular formula is C18H21ClN2O4S. The minimum Gasteiger partial charge on any atom is -0.496 e. The van der Waals surface area contributed by atoms with Crippen LogP contribution in [0.25, 0.3) is 0 Å². The Balaban J connectivity index is 2.02. The van der Waals surface area contributed by atoms with Gasteiger partial charge in [-0.25, -0.2) is 9.59 Å². The second kappa shape index (κ2) is 9.45. The van der Waals surface area contributed by atoms with Crippen LogP contribution in [0.5, 0.6) is 5.75 Å². The summed E-state index contributed by atoms with van der Waals surface area (Å²) in [7, 11) is 2.80. The molecule has 1 aromatic carbocycles. The Morgan fingerprint density at radius 2 is 2.00 bits per heavy atom. The van der Waals surface area contributed by atoms with Crippen LogP contribution in [0, 0.1) is 0 Å². The highest BCUT2D eigenvalue weighted by Gasteiger charge is 2.16. The van der Waals surface area contributed by atoms with Gasteiger partial charge in [0.15, 0.2) is 0 Å². The lowest BCUT2D eigenvalue weighted by Crippen LogP contribution is -2.38. The number of nitrogens with zero attached hydrogens (tertiary/aromatic N) is 1. The fourth-order valence-corrected chi connectivity index (χ4v) is 3.48. The zero-order chi connectivity index (χ0) is 19.1. The SMILES string of the molecule is CCN(Cc1ccc(Cl)s1)C(=O)NCc1ccc(OC)c(C(=O)OC)c1. The van der Waals surface area contributed by atoms with Crippen molar-refractivity contribution in [2.45, 2.75) is 20.0 Å². The van der Waals surface area contributed by atoms with Crippen LogP contribution < -0.4 is 10.1 Å². The van der Waals surface area contributed by atoms with Gasteiger partial charge in [-0.3, -0.25) is 0 Å². The number of hydrogen-bond acceptors (Lipinski definition) is 5. The lowest BCUT2D eigenvalue weighted by molar-refractivity contribution is 0.0597. The van der Waals surface area contributed by atoms with E-state index in [4.69, 9.17) is 21.1 Å². The Morgan fingerprint density at radius 1 is 1.23 bits per heavy atom. The van der Waals surface area contributed by atoms with Crippen molar-refractivity contribution in [3.8, 4) is 5.75 Å². The van der Waals surface area contributed by atoms with E-state index in [1.165, 1.54) is 25.6 Å². The first-order valence-corrected chi connectivity index (χ1v) is 9.20. The second-order valence-corrected chi connectivity index (χ2v) is 7.20. The molecule has 6 nitrogen and oxygen atoms in total. The van der Waals surface area contributed by atoms with E-state index in [1.807, 2.05) is 19.1 Å². The van der Waals surface area contributed by atoms with Crippen LogP contribution in [-0.4, -0.2) is 37.7 Å². The summed E-state index contributed by atoms with van der Waals surface area (Å²) in [6.45, 7) is 3.26. The predicted octanol–water partition coefficient (Wildman–Crippen LogP) is 3.93.